The fraction of sp³-hybridized carbons (Fsp3) is 0.333. The molecule has 0 aromatic heterocycles. The molecule has 0 unspecified atom stereocenters. The van der Waals surface area contributed by atoms with Gasteiger partial charge in [-0.25, -0.2) is 4.79 Å². The maximum atomic E-state index is 11.8. The summed E-state index contributed by atoms with van der Waals surface area (Å²) in [6.45, 7) is 0. The van der Waals surface area contributed by atoms with Crippen molar-refractivity contribution in [3.8, 4) is 0 Å². The van der Waals surface area contributed by atoms with E-state index in [2.05, 4.69) is 26.6 Å². The quantitative estimate of drug-likeness (QED) is 0.748. The van der Waals surface area contributed by atoms with Crippen LogP contribution in [0.2, 0.25) is 0 Å². The highest BCUT2D eigenvalue weighted by molar-refractivity contribution is 9.10. The lowest BCUT2D eigenvalue weighted by Gasteiger charge is -2.26. The second-order valence-electron chi connectivity index (χ2n) is 4.28. The molecule has 4 N–H and O–H groups in total. The first-order chi connectivity index (χ1) is 8.56. The van der Waals surface area contributed by atoms with Crippen molar-refractivity contribution in [1.29, 1.82) is 0 Å². The highest BCUT2D eigenvalue weighted by Crippen LogP contribution is 2.22. The normalized spacial score (nSPS) is 14.7. The van der Waals surface area contributed by atoms with E-state index in [-0.39, 0.29) is 11.0 Å². The van der Waals surface area contributed by atoms with Crippen molar-refractivity contribution in [2.75, 3.05) is 5.32 Å². The molecule has 0 bridgehead atoms. The molecule has 1 aromatic carbocycles. The molecule has 6 heteroatoms. The number of hydrogen-bond acceptors (Lipinski definition) is 2. The Morgan fingerprint density at radius 3 is 2.72 bits per heavy atom. The standard InChI is InChI=1S/C12H14BrN3OS/c13-7-4-5-9(11(14)18)10(6-7)16-12(17)15-8-2-1-3-8/h4-6,8H,1-3H2,(H2,14,18)(H2,15,16,17). The maximum absolute atomic E-state index is 11.8. The molecule has 2 amide bonds. The summed E-state index contributed by atoms with van der Waals surface area (Å²) in [5, 5.41) is 5.69. The molecule has 4 nitrogen and oxygen atoms in total. The van der Waals surface area contributed by atoms with Gasteiger partial charge in [0.05, 0.1) is 5.69 Å². The van der Waals surface area contributed by atoms with Gasteiger partial charge in [-0.1, -0.05) is 28.1 Å². The largest absolute Gasteiger partial charge is 0.389 e. The van der Waals surface area contributed by atoms with E-state index < -0.39 is 0 Å². The highest BCUT2D eigenvalue weighted by atomic mass is 79.9. The average Bonchev–Trinajstić information content (AvgIpc) is 2.23. The van der Waals surface area contributed by atoms with Crippen molar-refractivity contribution in [3.63, 3.8) is 0 Å². The Bertz CT molecular complexity index is 488. The average molecular weight is 328 g/mol. The predicted octanol–water partition coefficient (Wildman–Crippen LogP) is 2.76. The minimum atomic E-state index is -0.213. The van der Waals surface area contributed by atoms with Crippen molar-refractivity contribution < 1.29 is 4.79 Å². The van der Waals surface area contributed by atoms with Gasteiger partial charge in [-0.15, -0.1) is 0 Å². The van der Waals surface area contributed by atoms with Gasteiger partial charge < -0.3 is 16.4 Å². The van der Waals surface area contributed by atoms with Crippen LogP contribution in [0.25, 0.3) is 0 Å². The molecule has 0 heterocycles. The number of nitrogens with one attached hydrogen (secondary N) is 2. The Hall–Kier alpha value is -1.14. The molecule has 1 aromatic rings. The Morgan fingerprint density at radius 1 is 1.44 bits per heavy atom. The van der Waals surface area contributed by atoms with Crippen molar-refractivity contribution in [2.45, 2.75) is 25.3 Å². The molecule has 18 heavy (non-hydrogen) atoms. The first kappa shape index (κ1) is 13.3. The molecule has 2 rings (SSSR count). The van der Waals surface area contributed by atoms with Gasteiger partial charge in [0.15, 0.2) is 0 Å². The van der Waals surface area contributed by atoms with Gasteiger partial charge in [-0.3, -0.25) is 0 Å². The van der Waals surface area contributed by atoms with Gasteiger partial charge in [0.1, 0.15) is 4.99 Å². The summed E-state index contributed by atoms with van der Waals surface area (Å²) in [5.41, 5.74) is 6.91. The Balaban J connectivity index is 2.08. The van der Waals surface area contributed by atoms with Gasteiger partial charge in [-0.05, 0) is 37.5 Å². The van der Waals surface area contributed by atoms with Gasteiger partial charge in [0.25, 0.3) is 0 Å². The third-order valence-corrected chi connectivity index (χ3v) is 3.65. The monoisotopic (exact) mass is 327 g/mol. The minimum Gasteiger partial charge on any atom is -0.389 e. The minimum absolute atomic E-state index is 0.213. The topological polar surface area (TPSA) is 67.1 Å². The van der Waals surface area contributed by atoms with Crippen LogP contribution in [0.4, 0.5) is 10.5 Å². The van der Waals surface area contributed by atoms with E-state index in [9.17, 15) is 4.79 Å². The summed E-state index contributed by atoms with van der Waals surface area (Å²) in [6, 6.07) is 5.49. The van der Waals surface area contributed by atoms with E-state index in [1.165, 1.54) is 6.42 Å². The highest BCUT2D eigenvalue weighted by Gasteiger charge is 2.19. The van der Waals surface area contributed by atoms with Crippen LogP contribution in [-0.4, -0.2) is 17.1 Å². The Kier molecular flexibility index (Phi) is 4.19. The number of anilines is 1. The molecule has 1 fully saturated rings. The fourth-order valence-electron chi connectivity index (χ4n) is 1.73. The summed E-state index contributed by atoms with van der Waals surface area (Å²) in [7, 11) is 0. The summed E-state index contributed by atoms with van der Waals surface area (Å²) >= 11 is 8.31. The van der Waals surface area contributed by atoms with Gasteiger partial charge in [0, 0.05) is 16.1 Å². The predicted molar refractivity (Wildman–Crippen MR) is 79.8 cm³/mol. The van der Waals surface area contributed by atoms with E-state index in [0.29, 0.717) is 17.3 Å². The van der Waals surface area contributed by atoms with Crippen molar-refractivity contribution >= 4 is 44.9 Å². The molecule has 1 saturated carbocycles. The number of hydrogen-bond donors (Lipinski definition) is 3. The van der Waals surface area contributed by atoms with Crippen molar-refractivity contribution in [1.82, 2.24) is 5.32 Å². The molecular weight excluding hydrogens is 314 g/mol. The van der Waals surface area contributed by atoms with Crippen LogP contribution in [0, 0.1) is 0 Å². The molecular formula is C12H14BrN3OS. The van der Waals surface area contributed by atoms with E-state index in [0.717, 1.165) is 17.3 Å². The second-order valence-corrected chi connectivity index (χ2v) is 5.64. The number of urea groups is 1. The molecule has 96 valence electrons. The zero-order chi connectivity index (χ0) is 13.1. The van der Waals surface area contributed by atoms with E-state index in [1.807, 2.05) is 6.07 Å². The number of rotatable bonds is 3. The zero-order valence-corrected chi connectivity index (χ0v) is 12.1. The number of carbonyl (C=O) groups is 1. The fourth-order valence-corrected chi connectivity index (χ4v) is 2.27. The second kappa shape index (κ2) is 5.67. The Morgan fingerprint density at radius 2 is 2.17 bits per heavy atom. The van der Waals surface area contributed by atoms with E-state index in [4.69, 9.17) is 18.0 Å². The van der Waals surface area contributed by atoms with Gasteiger partial charge >= 0.3 is 6.03 Å². The molecule has 0 spiro atoms. The lowest BCUT2D eigenvalue weighted by atomic mass is 9.93. The van der Waals surface area contributed by atoms with Crippen LogP contribution in [0.5, 0.6) is 0 Å². The third kappa shape index (κ3) is 3.20. The third-order valence-electron chi connectivity index (χ3n) is 2.94. The number of amides is 2. The summed E-state index contributed by atoms with van der Waals surface area (Å²) in [5.74, 6) is 0. The van der Waals surface area contributed by atoms with Crippen LogP contribution in [0.1, 0.15) is 24.8 Å². The summed E-state index contributed by atoms with van der Waals surface area (Å²) in [6.07, 6.45) is 3.28. The van der Waals surface area contributed by atoms with Crippen LogP contribution in [0.15, 0.2) is 22.7 Å². The molecule has 1 aliphatic rings. The number of nitrogens with two attached hydrogens (primary N) is 1. The first-order valence-electron chi connectivity index (χ1n) is 5.73. The van der Waals surface area contributed by atoms with E-state index >= 15 is 0 Å². The van der Waals surface area contributed by atoms with Crippen LogP contribution in [-0.2, 0) is 0 Å². The van der Waals surface area contributed by atoms with Gasteiger partial charge in [0.2, 0.25) is 0 Å². The van der Waals surface area contributed by atoms with Gasteiger partial charge in [-0.2, -0.15) is 0 Å². The molecule has 0 aliphatic heterocycles. The molecule has 0 radical (unpaired) electrons. The van der Waals surface area contributed by atoms with Crippen molar-refractivity contribution in [3.05, 3.63) is 28.2 Å². The summed E-state index contributed by atoms with van der Waals surface area (Å²) < 4.78 is 0.862. The SMILES string of the molecule is NC(=S)c1ccc(Br)cc1NC(=O)NC1CCC1. The lowest BCUT2D eigenvalue weighted by molar-refractivity contribution is 0.240. The first-order valence-corrected chi connectivity index (χ1v) is 6.93. The number of benzene rings is 1. The van der Waals surface area contributed by atoms with E-state index in [1.54, 1.807) is 12.1 Å². The maximum Gasteiger partial charge on any atom is 0.319 e. The van der Waals surface area contributed by atoms with Crippen LogP contribution >= 0.6 is 28.1 Å². The zero-order valence-electron chi connectivity index (χ0n) is 9.70. The number of carbonyl (C=O) groups excluding carboxylic acids is 1. The summed E-state index contributed by atoms with van der Waals surface area (Å²) in [4.78, 5) is 12.0. The van der Waals surface area contributed by atoms with Crippen LogP contribution in [0.3, 0.4) is 0 Å². The molecule has 0 saturated heterocycles. The number of thiocarbonyl (C=S) groups is 1. The molecule has 0 atom stereocenters. The smallest absolute Gasteiger partial charge is 0.319 e. The van der Waals surface area contributed by atoms with Crippen molar-refractivity contribution in [2.24, 2.45) is 5.73 Å². The number of halogens is 1. The lowest BCUT2D eigenvalue weighted by Crippen LogP contribution is -2.42. The molecule has 1 aliphatic carbocycles. The Labute approximate surface area is 119 Å². The van der Waals surface area contributed by atoms with Crippen LogP contribution < -0.4 is 16.4 Å².